The van der Waals surface area contributed by atoms with Gasteiger partial charge in [-0.3, -0.25) is 19.4 Å². The van der Waals surface area contributed by atoms with Gasteiger partial charge in [-0.05, 0) is 30.4 Å². The van der Waals surface area contributed by atoms with Crippen molar-refractivity contribution in [2.75, 3.05) is 0 Å². The zero-order chi connectivity index (χ0) is 22.2. The first-order valence-electron chi connectivity index (χ1n) is 9.66. The number of nitrogens with one attached hydrogen (secondary N) is 2. The molecule has 0 aliphatic carbocycles. The number of hydrogen-bond donors (Lipinski definition) is 3. The number of rotatable bonds is 11. The minimum atomic E-state index is -4.32. The van der Waals surface area contributed by atoms with Gasteiger partial charge in [-0.15, -0.1) is 0 Å². The van der Waals surface area contributed by atoms with Crippen molar-refractivity contribution in [2.45, 2.75) is 65.1 Å². The summed E-state index contributed by atoms with van der Waals surface area (Å²) in [7, 11) is 0. The molecule has 1 heterocycles. The van der Waals surface area contributed by atoms with Crippen LogP contribution in [0.25, 0.3) is 0 Å². The van der Waals surface area contributed by atoms with Crippen molar-refractivity contribution in [3.8, 4) is 0 Å². The van der Waals surface area contributed by atoms with Gasteiger partial charge < -0.3 is 16.4 Å². The van der Waals surface area contributed by atoms with Crippen molar-refractivity contribution < 1.29 is 23.2 Å². The molecule has 1 aromatic rings. The van der Waals surface area contributed by atoms with Crippen LogP contribution in [0.1, 0.15) is 46.2 Å². The Bertz CT molecular complexity index is 698. The quantitative estimate of drug-likeness (QED) is 0.480. The summed E-state index contributed by atoms with van der Waals surface area (Å²) in [4.78, 5) is 40.8. The highest BCUT2D eigenvalue weighted by molar-refractivity contribution is 6.10. The molecule has 1 aromatic heterocycles. The maximum atomic E-state index is 14.4. The summed E-state index contributed by atoms with van der Waals surface area (Å²) >= 11 is 0. The van der Waals surface area contributed by atoms with Crippen LogP contribution < -0.4 is 16.4 Å². The van der Waals surface area contributed by atoms with Crippen molar-refractivity contribution >= 4 is 17.6 Å². The molecule has 0 aromatic carbocycles. The smallest absolute Gasteiger partial charge is 0.349 e. The number of ketones is 1. The van der Waals surface area contributed by atoms with Crippen molar-refractivity contribution in [3.63, 3.8) is 0 Å². The minimum Gasteiger partial charge on any atom is -0.349 e. The number of carbonyl (C=O) groups is 3. The summed E-state index contributed by atoms with van der Waals surface area (Å²) < 4.78 is 28.7. The molecule has 29 heavy (non-hydrogen) atoms. The number of alkyl halides is 2. The van der Waals surface area contributed by atoms with Crippen LogP contribution >= 0.6 is 0 Å². The van der Waals surface area contributed by atoms with Gasteiger partial charge in [-0.25, -0.2) is 0 Å². The van der Waals surface area contributed by atoms with E-state index in [0.29, 0.717) is 12.1 Å². The monoisotopic (exact) mass is 412 g/mol. The number of hydrogen-bond acceptors (Lipinski definition) is 5. The molecule has 0 radical (unpaired) electrons. The van der Waals surface area contributed by atoms with Crippen molar-refractivity contribution in [2.24, 2.45) is 17.6 Å². The van der Waals surface area contributed by atoms with E-state index in [1.54, 1.807) is 52.1 Å². The third-order valence-electron chi connectivity index (χ3n) is 4.61. The Hall–Kier alpha value is -2.42. The first-order valence-corrected chi connectivity index (χ1v) is 9.66. The molecule has 7 nitrogen and oxygen atoms in total. The number of halogens is 2. The second-order valence-corrected chi connectivity index (χ2v) is 7.55. The molecule has 0 aliphatic rings. The number of nitrogens with two attached hydrogens (primary N) is 1. The summed E-state index contributed by atoms with van der Waals surface area (Å²) in [5.74, 6) is -8.94. The normalized spacial score (nSPS) is 14.8. The maximum Gasteiger partial charge on any atom is 0.383 e. The standard InChI is InChI=1S/C20H30F2N4O3/c1-5-13(4)16(18(28)25-11-14-8-6-7-9-24-14)26-19(29)20(21,22)17(27)15(23)10-12(2)3/h6-9,12-13,15-16H,5,10-11,23H2,1-4H3,(H,25,28)(H,26,29)/t13?,15?,16-/m0/s1. The zero-order valence-electron chi connectivity index (χ0n) is 17.2. The number of amides is 2. The molecule has 2 unspecified atom stereocenters. The molecule has 4 N–H and O–H groups in total. The number of carbonyl (C=O) groups excluding carboxylic acids is 3. The van der Waals surface area contributed by atoms with Crippen LogP contribution in [0.4, 0.5) is 8.78 Å². The average Bonchev–Trinajstić information content (AvgIpc) is 2.68. The largest absolute Gasteiger partial charge is 0.383 e. The van der Waals surface area contributed by atoms with Crippen LogP contribution in [0.15, 0.2) is 24.4 Å². The van der Waals surface area contributed by atoms with Gasteiger partial charge in [0.2, 0.25) is 11.7 Å². The van der Waals surface area contributed by atoms with Crippen molar-refractivity contribution in [1.29, 1.82) is 0 Å². The van der Waals surface area contributed by atoms with Crippen molar-refractivity contribution in [3.05, 3.63) is 30.1 Å². The van der Waals surface area contributed by atoms with Gasteiger partial charge in [-0.1, -0.05) is 40.2 Å². The molecule has 0 saturated carbocycles. The SMILES string of the molecule is CCC(C)[C@H](NC(=O)C(F)(F)C(=O)C(N)CC(C)C)C(=O)NCc1ccccn1. The van der Waals surface area contributed by atoms with E-state index in [2.05, 4.69) is 10.3 Å². The molecule has 0 aliphatic heterocycles. The highest BCUT2D eigenvalue weighted by Crippen LogP contribution is 2.21. The molecule has 0 fully saturated rings. The second-order valence-electron chi connectivity index (χ2n) is 7.55. The van der Waals surface area contributed by atoms with E-state index >= 15 is 0 Å². The summed E-state index contributed by atoms with van der Waals surface area (Å²) in [5.41, 5.74) is 6.11. The molecule has 0 spiro atoms. The number of pyridine rings is 1. The molecular weight excluding hydrogens is 382 g/mol. The molecule has 0 saturated heterocycles. The van der Waals surface area contributed by atoms with E-state index in [4.69, 9.17) is 5.73 Å². The van der Waals surface area contributed by atoms with E-state index in [1.165, 1.54) is 0 Å². The number of Topliss-reactive ketones (excluding diaryl/α,β-unsaturated/α-hetero) is 1. The highest BCUT2D eigenvalue weighted by Gasteiger charge is 2.50. The van der Waals surface area contributed by atoms with E-state index < -0.39 is 41.5 Å². The lowest BCUT2D eigenvalue weighted by molar-refractivity contribution is -0.160. The molecular formula is C20H30F2N4O3. The Morgan fingerprint density at radius 3 is 2.38 bits per heavy atom. The first kappa shape index (κ1) is 24.6. The fourth-order valence-corrected chi connectivity index (χ4v) is 2.68. The molecule has 9 heteroatoms. The Labute approximate surface area is 169 Å². The lowest BCUT2D eigenvalue weighted by Crippen LogP contribution is -2.58. The summed E-state index contributed by atoms with van der Waals surface area (Å²) in [6, 6.07) is 2.47. The van der Waals surface area contributed by atoms with Gasteiger partial charge in [0.1, 0.15) is 6.04 Å². The Morgan fingerprint density at radius 2 is 1.86 bits per heavy atom. The van der Waals surface area contributed by atoms with Crippen LogP contribution in [0, 0.1) is 11.8 Å². The predicted molar refractivity (Wildman–Crippen MR) is 105 cm³/mol. The van der Waals surface area contributed by atoms with Gasteiger partial charge in [0, 0.05) is 6.20 Å². The van der Waals surface area contributed by atoms with Gasteiger partial charge in [0.05, 0.1) is 18.3 Å². The molecule has 3 atom stereocenters. The molecule has 0 bridgehead atoms. The first-order chi connectivity index (χ1) is 13.5. The fraction of sp³-hybridized carbons (Fsp3) is 0.600. The topological polar surface area (TPSA) is 114 Å². The number of nitrogens with zero attached hydrogens (tertiary/aromatic N) is 1. The van der Waals surface area contributed by atoms with Gasteiger partial charge in [-0.2, -0.15) is 8.78 Å². The minimum absolute atomic E-state index is 0.0288. The zero-order valence-corrected chi connectivity index (χ0v) is 17.2. The molecule has 1 rings (SSSR count). The summed E-state index contributed by atoms with van der Waals surface area (Å²) in [6.07, 6.45) is 2.04. The Balaban J connectivity index is 2.86. The van der Waals surface area contributed by atoms with Crippen LogP contribution in [0.5, 0.6) is 0 Å². The molecule has 2 amide bonds. The van der Waals surface area contributed by atoms with E-state index in [0.717, 1.165) is 0 Å². The van der Waals surface area contributed by atoms with E-state index in [1.807, 2.05) is 5.32 Å². The van der Waals surface area contributed by atoms with Gasteiger partial charge >= 0.3 is 5.92 Å². The maximum absolute atomic E-state index is 14.4. The lowest BCUT2D eigenvalue weighted by atomic mass is 9.95. The molecule has 162 valence electrons. The summed E-state index contributed by atoms with van der Waals surface area (Å²) in [6.45, 7) is 6.96. The number of aromatic nitrogens is 1. The van der Waals surface area contributed by atoms with Gasteiger partial charge in [0.25, 0.3) is 5.91 Å². The Kier molecular flexibility index (Phi) is 9.29. The predicted octanol–water partition coefficient (Wildman–Crippen LogP) is 1.81. The van der Waals surface area contributed by atoms with E-state index in [-0.39, 0.29) is 18.9 Å². The fourth-order valence-electron chi connectivity index (χ4n) is 2.68. The third-order valence-corrected chi connectivity index (χ3v) is 4.61. The summed E-state index contributed by atoms with van der Waals surface area (Å²) in [5, 5.41) is 4.61. The van der Waals surface area contributed by atoms with Crippen LogP contribution in [0.3, 0.4) is 0 Å². The Morgan fingerprint density at radius 1 is 1.21 bits per heavy atom. The van der Waals surface area contributed by atoms with Gasteiger partial charge in [0.15, 0.2) is 0 Å². The second kappa shape index (κ2) is 10.9. The van der Waals surface area contributed by atoms with Crippen LogP contribution in [-0.2, 0) is 20.9 Å². The van der Waals surface area contributed by atoms with E-state index in [9.17, 15) is 23.2 Å². The van der Waals surface area contributed by atoms with Crippen LogP contribution in [-0.4, -0.2) is 40.6 Å². The highest BCUT2D eigenvalue weighted by atomic mass is 19.3. The average molecular weight is 412 g/mol. The third kappa shape index (κ3) is 7.16. The van der Waals surface area contributed by atoms with Crippen molar-refractivity contribution in [1.82, 2.24) is 15.6 Å². The van der Waals surface area contributed by atoms with Crippen LogP contribution in [0.2, 0.25) is 0 Å². The lowest BCUT2D eigenvalue weighted by Gasteiger charge is -2.26.